The zero-order valence-corrected chi connectivity index (χ0v) is 15.5. The maximum absolute atomic E-state index is 12.1. The third kappa shape index (κ3) is 4.64. The molecule has 2 aromatic rings. The predicted octanol–water partition coefficient (Wildman–Crippen LogP) is 4.05. The lowest BCUT2D eigenvalue weighted by atomic mass is 10.2. The van der Waals surface area contributed by atoms with E-state index in [0.29, 0.717) is 22.9 Å². The van der Waals surface area contributed by atoms with Gasteiger partial charge in [0.05, 0.1) is 24.4 Å². The predicted molar refractivity (Wildman–Crippen MR) is 97.2 cm³/mol. The second-order valence-corrected chi connectivity index (χ2v) is 5.88. The Morgan fingerprint density at radius 3 is 2.46 bits per heavy atom. The summed E-state index contributed by atoms with van der Waals surface area (Å²) in [6.07, 6.45) is 0.939. The van der Waals surface area contributed by atoms with Gasteiger partial charge in [0.2, 0.25) is 0 Å². The van der Waals surface area contributed by atoms with Crippen molar-refractivity contribution in [2.45, 2.75) is 13.3 Å². The van der Waals surface area contributed by atoms with Crippen LogP contribution in [0.15, 0.2) is 40.9 Å². The Bertz CT molecular complexity index is 718. The fraction of sp³-hybridized carbons (Fsp3) is 0.278. The molecule has 1 N–H and O–H groups in total. The maximum Gasteiger partial charge on any atom is 0.262 e. The van der Waals surface area contributed by atoms with Gasteiger partial charge in [0.25, 0.3) is 5.91 Å². The van der Waals surface area contributed by atoms with Gasteiger partial charge >= 0.3 is 0 Å². The highest BCUT2D eigenvalue weighted by Gasteiger charge is 2.11. The highest BCUT2D eigenvalue weighted by molar-refractivity contribution is 9.10. The number of methoxy groups -OCH3 is 2. The Balaban J connectivity index is 2.01. The zero-order chi connectivity index (χ0) is 17.5. The Morgan fingerprint density at radius 1 is 1.08 bits per heavy atom. The van der Waals surface area contributed by atoms with Gasteiger partial charge < -0.3 is 19.5 Å². The Hall–Kier alpha value is -2.21. The fourth-order valence-corrected chi connectivity index (χ4v) is 2.66. The highest BCUT2D eigenvalue weighted by Crippen LogP contribution is 2.29. The molecule has 0 aliphatic rings. The first kappa shape index (κ1) is 18.1. The Labute approximate surface area is 150 Å². The molecular formula is C18H20BrNO4. The van der Waals surface area contributed by atoms with Crippen LogP contribution in [0.3, 0.4) is 0 Å². The van der Waals surface area contributed by atoms with Crippen molar-refractivity contribution in [2.75, 3.05) is 26.1 Å². The van der Waals surface area contributed by atoms with Gasteiger partial charge in [0.1, 0.15) is 17.2 Å². The number of amides is 1. The molecule has 24 heavy (non-hydrogen) atoms. The number of rotatable bonds is 7. The molecule has 5 nitrogen and oxygen atoms in total. The molecule has 0 radical (unpaired) electrons. The summed E-state index contributed by atoms with van der Waals surface area (Å²) in [7, 11) is 3.11. The van der Waals surface area contributed by atoms with Crippen LogP contribution in [0.25, 0.3) is 0 Å². The largest absolute Gasteiger partial charge is 0.497 e. The summed E-state index contributed by atoms with van der Waals surface area (Å²) in [5.41, 5.74) is 1.73. The van der Waals surface area contributed by atoms with Crippen molar-refractivity contribution < 1.29 is 19.0 Å². The lowest BCUT2D eigenvalue weighted by molar-refractivity contribution is -0.118. The van der Waals surface area contributed by atoms with Crippen LogP contribution in [-0.4, -0.2) is 26.7 Å². The summed E-state index contributed by atoms with van der Waals surface area (Å²) in [5.74, 6) is 1.52. The molecule has 2 rings (SSSR count). The first-order valence-electron chi connectivity index (χ1n) is 7.50. The monoisotopic (exact) mass is 393 g/mol. The molecule has 6 heteroatoms. The number of aryl methyl sites for hydroxylation is 1. The van der Waals surface area contributed by atoms with Crippen molar-refractivity contribution in [1.82, 2.24) is 0 Å². The smallest absolute Gasteiger partial charge is 0.262 e. The molecule has 0 spiro atoms. The third-order valence-electron chi connectivity index (χ3n) is 3.44. The van der Waals surface area contributed by atoms with Crippen LogP contribution >= 0.6 is 15.9 Å². The number of carbonyl (C=O) groups is 1. The third-order valence-corrected chi connectivity index (χ3v) is 4.06. The highest BCUT2D eigenvalue weighted by atomic mass is 79.9. The van der Waals surface area contributed by atoms with Crippen molar-refractivity contribution in [2.24, 2.45) is 0 Å². The summed E-state index contributed by atoms with van der Waals surface area (Å²) in [6, 6.07) is 11.0. The molecule has 1 amide bonds. The van der Waals surface area contributed by atoms with Gasteiger partial charge in [-0.25, -0.2) is 0 Å². The summed E-state index contributed by atoms with van der Waals surface area (Å²) in [5, 5.41) is 2.76. The van der Waals surface area contributed by atoms with Crippen LogP contribution in [0.2, 0.25) is 0 Å². The number of hydrogen-bond donors (Lipinski definition) is 1. The van der Waals surface area contributed by atoms with E-state index in [1.165, 1.54) is 5.56 Å². The van der Waals surface area contributed by atoms with Crippen LogP contribution in [0.4, 0.5) is 5.69 Å². The maximum atomic E-state index is 12.1. The lowest BCUT2D eigenvalue weighted by Gasteiger charge is -2.13. The molecule has 0 bridgehead atoms. The van der Waals surface area contributed by atoms with Crippen LogP contribution in [0.1, 0.15) is 12.5 Å². The van der Waals surface area contributed by atoms with Gasteiger partial charge in [-0.3, -0.25) is 4.79 Å². The van der Waals surface area contributed by atoms with E-state index in [1.54, 1.807) is 32.4 Å². The van der Waals surface area contributed by atoms with Crippen LogP contribution in [0, 0.1) is 0 Å². The standard InChI is InChI=1S/C18H20BrNO4/c1-4-12-5-7-16(14(19)9-12)24-11-18(21)20-15-10-13(22-2)6-8-17(15)23-3/h5-10H,4,11H2,1-3H3,(H,20,21). The first-order valence-corrected chi connectivity index (χ1v) is 8.29. The SMILES string of the molecule is CCc1ccc(OCC(=O)Nc2cc(OC)ccc2OC)c(Br)c1. The van der Waals surface area contributed by atoms with E-state index in [9.17, 15) is 4.79 Å². The van der Waals surface area contributed by atoms with E-state index in [1.807, 2.05) is 18.2 Å². The quantitative estimate of drug-likeness (QED) is 0.770. The second kappa shape index (κ2) is 8.59. The average Bonchev–Trinajstić information content (AvgIpc) is 2.60. The van der Waals surface area contributed by atoms with E-state index in [4.69, 9.17) is 14.2 Å². The van der Waals surface area contributed by atoms with Gasteiger partial charge in [-0.1, -0.05) is 13.0 Å². The van der Waals surface area contributed by atoms with Crippen LogP contribution < -0.4 is 19.5 Å². The van der Waals surface area contributed by atoms with Gasteiger partial charge in [0, 0.05) is 6.07 Å². The molecule has 0 aliphatic heterocycles. The Kier molecular flexibility index (Phi) is 6.49. The molecule has 0 saturated heterocycles. The van der Waals surface area contributed by atoms with Crippen molar-refractivity contribution in [1.29, 1.82) is 0 Å². The minimum Gasteiger partial charge on any atom is -0.497 e. The van der Waals surface area contributed by atoms with Gasteiger partial charge in [-0.2, -0.15) is 0 Å². The van der Waals surface area contributed by atoms with E-state index < -0.39 is 0 Å². The molecule has 2 aromatic carbocycles. The summed E-state index contributed by atoms with van der Waals surface area (Å²) >= 11 is 3.45. The number of carbonyl (C=O) groups excluding carboxylic acids is 1. The van der Waals surface area contributed by atoms with E-state index in [0.717, 1.165) is 10.9 Å². The van der Waals surface area contributed by atoms with Crippen LogP contribution in [0.5, 0.6) is 17.2 Å². The molecule has 0 saturated carbocycles. The lowest BCUT2D eigenvalue weighted by Crippen LogP contribution is -2.20. The number of anilines is 1. The number of hydrogen-bond acceptors (Lipinski definition) is 4. The minimum absolute atomic E-state index is 0.107. The topological polar surface area (TPSA) is 56.8 Å². The second-order valence-electron chi connectivity index (χ2n) is 5.02. The molecule has 0 fully saturated rings. The fourth-order valence-electron chi connectivity index (χ4n) is 2.12. The normalized spacial score (nSPS) is 10.2. The van der Waals surface area contributed by atoms with Gasteiger partial charge in [0.15, 0.2) is 6.61 Å². The summed E-state index contributed by atoms with van der Waals surface area (Å²) in [6.45, 7) is 1.97. The molecule has 0 heterocycles. The number of benzene rings is 2. The molecule has 128 valence electrons. The van der Waals surface area contributed by atoms with Crippen molar-refractivity contribution in [3.8, 4) is 17.2 Å². The molecule has 0 aromatic heterocycles. The number of ether oxygens (including phenoxy) is 3. The van der Waals surface area contributed by atoms with Gasteiger partial charge in [-0.15, -0.1) is 0 Å². The molecule has 0 unspecified atom stereocenters. The summed E-state index contributed by atoms with van der Waals surface area (Å²) < 4.78 is 16.8. The Morgan fingerprint density at radius 2 is 1.83 bits per heavy atom. The van der Waals surface area contributed by atoms with Crippen LogP contribution in [-0.2, 0) is 11.2 Å². The average molecular weight is 394 g/mol. The van der Waals surface area contributed by atoms with E-state index in [2.05, 4.69) is 28.2 Å². The van der Waals surface area contributed by atoms with E-state index in [-0.39, 0.29) is 12.5 Å². The molecular weight excluding hydrogens is 374 g/mol. The van der Waals surface area contributed by atoms with E-state index >= 15 is 0 Å². The van der Waals surface area contributed by atoms with Gasteiger partial charge in [-0.05, 0) is 52.2 Å². The molecule has 0 atom stereocenters. The number of nitrogens with one attached hydrogen (secondary N) is 1. The zero-order valence-electron chi connectivity index (χ0n) is 13.9. The van der Waals surface area contributed by atoms with Crippen molar-refractivity contribution in [3.63, 3.8) is 0 Å². The number of halogens is 1. The summed E-state index contributed by atoms with van der Waals surface area (Å²) in [4.78, 5) is 12.1. The molecule has 0 aliphatic carbocycles. The first-order chi connectivity index (χ1) is 11.6. The van der Waals surface area contributed by atoms with Crippen molar-refractivity contribution >= 4 is 27.5 Å². The minimum atomic E-state index is -0.284. The van der Waals surface area contributed by atoms with Crippen molar-refractivity contribution in [3.05, 3.63) is 46.4 Å².